The van der Waals surface area contributed by atoms with Crippen LogP contribution in [-0.2, 0) is 0 Å². The molecule has 0 heterocycles. The van der Waals surface area contributed by atoms with Crippen LogP contribution in [0.25, 0.3) is 0 Å². The van der Waals surface area contributed by atoms with E-state index in [0.29, 0.717) is 35.5 Å². The van der Waals surface area contributed by atoms with Gasteiger partial charge in [0.15, 0.2) is 0 Å². The van der Waals surface area contributed by atoms with Gasteiger partial charge < -0.3 is 0 Å². The van der Waals surface area contributed by atoms with Gasteiger partial charge in [-0.15, -0.1) is 5.92 Å². The van der Waals surface area contributed by atoms with Gasteiger partial charge in [-0.05, 0) is 132 Å². The van der Waals surface area contributed by atoms with Crippen LogP contribution in [0.3, 0.4) is 0 Å². The minimum atomic E-state index is 0.547. The van der Waals surface area contributed by atoms with E-state index >= 15 is 0 Å². The van der Waals surface area contributed by atoms with Gasteiger partial charge in [-0.25, -0.2) is 0 Å². The summed E-state index contributed by atoms with van der Waals surface area (Å²) in [4.78, 5) is 0. The lowest BCUT2D eigenvalue weighted by atomic mass is 9.74. The maximum atomic E-state index is 3.18. The highest BCUT2D eigenvalue weighted by Gasteiger charge is 2.28. The molecule has 0 amide bonds. The van der Waals surface area contributed by atoms with Gasteiger partial charge in [-0.1, -0.05) is 255 Å². The van der Waals surface area contributed by atoms with Gasteiger partial charge in [0.2, 0.25) is 0 Å². The number of rotatable bonds is 3. The first-order valence-corrected chi connectivity index (χ1v) is 26.8. The van der Waals surface area contributed by atoms with Crippen molar-refractivity contribution in [2.75, 3.05) is 0 Å². The number of hydrogen-bond donors (Lipinski definition) is 0. The van der Waals surface area contributed by atoms with Crippen molar-refractivity contribution in [2.45, 2.75) is 192 Å². The number of fused-ring (bicyclic) bond motifs is 3. The lowest BCUT2D eigenvalue weighted by molar-refractivity contribution is 0.545. The van der Waals surface area contributed by atoms with Crippen molar-refractivity contribution >= 4 is 0 Å². The molecule has 0 saturated carbocycles. The van der Waals surface area contributed by atoms with E-state index in [1.807, 2.05) is 90.0 Å². The molecule has 6 atom stereocenters. The Labute approximate surface area is 414 Å². The first kappa shape index (κ1) is 59.9. The molecule has 6 unspecified atom stereocenters. The summed E-state index contributed by atoms with van der Waals surface area (Å²) in [6.45, 7) is 35.1. The van der Waals surface area contributed by atoms with Gasteiger partial charge in [-0.3, -0.25) is 0 Å². The smallest absolute Gasteiger partial charge is 0.0248 e. The van der Waals surface area contributed by atoms with Gasteiger partial charge in [0, 0.05) is 23.3 Å². The van der Waals surface area contributed by atoms with Crippen molar-refractivity contribution in [3.63, 3.8) is 0 Å². The third kappa shape index (κ3) is 17.5. The Kier molecular flexibility index (Phi) is 31.4. The zero-order valence-corrected chi connectivity index (χ0v) is 45.6. The van der Waals surface area contributed by atoms with Crippen molar-refractivity contribution in [3.8, 4) is 11.8 Å². The van der Waals surface area contributed by atoms with Crippen molar-refractivity contribution in [3.05, 3.63) is 213 Å². The minimum absolute atomic E-state index is 0.547. The van der Waals surface area contributed by atoms with Crippen LogP contribution in [-0.4, -0.2) is 0 Å². The van der Waals surface area contributed by atoms with Crippen LogP contribution in [0.5, 0.6) is 0 Å². The average molecular weight is 899 g/mol. The fourth-order valence-corrected chi connectivity index (χ4v) is 9.53. The molecule has 9 rings (SSSR count). The predicted octanol–water partition coefficient (Wildman–Crippen LogP) is 21.0. The monoisotopic (exact) mass is 899 g/mol. The third-order valence-corrected chi connectivity index (χ3v) is 12.6. The lowest BCUT2D eigenvalue weighted by Gasteiger charge is -2.30. The summed E-state index contributed by atoms with van der Waals surface area (Å²) in [6, 6.07) is 55.5. The molecule has 0 saturated heterocycles. The van der Waals surface area contributed by atoms with Gasteiger partial charge in [-0.2, -0.15) is 0 Å². The van der Waals surface area contributed by atoms with Crippen LogP contribution in [0, 0.1) is 18.8 Å². The van der Waals surface area contributed by atoms with E-state index in [2.05, 4.69) is 191 Å². The van der Waals surface area contributed by atoms with Gasteiger partial charge >= 0.3 is 0 Å². The summed E-state index contributed by atoms with van der Waals surface area (Å²) < 4.78 is 0. The van der Waals surface area contributed by atoms with E-state index in [0.717, 1.165) is 5.56 Å². The third-order valence-electron chi connectivity index (χ3n) is 12.6. The van der Waals surface area contributed by atoms with E-state index in [4.69, 9.17) is 0 Å². The SMILES string of the molecule is CC.CC.CC.CC.CC.CC.CC#Cc1ccc2c(c1)C(C)CCC2c1ccccc1.CC1CCC(c2ccccc2)c2ccccc21.Cc1ccc2c(c1)C(C)CCC2c1ccccc1. The molecule has 6 aromatic carbocycles. The second-order valence-corrected chi connectivity index (χ2v) is 16.3. The molecule has 0 fully saturated rings. The van der Waals surface area contributed by atoms with E-state index in [-0.39, 0.29) is 0 Å². The van der Waals surface area contributed by atoms with Crippen LogP contribution >= 0.6 is 0 Å². The second-order valence-electron chi connectivity index (χ2n) is 16.3. The topological polar surface area (TPSA) is 0 Å². The molecule has 0 aliphatic heterocycles. The summed E-state index contributed by atoms with van der Waals surface area (Å²) in [5.74, 6) is 9.99. The van der Waals surface area contributed by atoms with Crippen LogP contribution in [0.4, 0.5) is 0 Å². The van der Waals surface area contributed by atoms with E-state index in [1.165, 1.54) is 77.5 Å². The molecule has 6 aromatic rings. The molecule has 0 nitrogen and oxygen atoms in total. The molecule has 0 aromatic heterocycles. The van der Waals surface area contributed by atoms with E-state index in [9.17, 15) is 0 Å². The maximum Gasteiger partial charge on any atom is 0.0248 e. The zero-order valence-electron chi connectivity index (χ0n) is 45.6. The Morgan fingerprint density at radius 1 is 0.328 bits per heavy atom. The van der Waals surface area contributed by atoms with Crippen LogP contribution < -0.4 is 0 Å². The van der Waals surface area contributed by atoms with Gasteiger partial charge in [0.25, 0.3) is 0 Å². The molecule has 0 bridgehead atoms. The Morgan fingerprint density at radius 2 is 0.642 bits per heavy atom. The fraction of sp³-hybridized carbons (Fsp3) is 0.433. The van der Waals surface area contributed by atoms with Gasteiger partial charge in [0.1, 0.15) is 0 Å². The molecule has 0 N–H and O–H groups in total. The summed E-state index contributed by atoms with van der Waals surface area (Å²) in [5, 5.41) is 0. The Bertz CT molecular complexity index is 2200. The summed E-state index contributed by atoms with van der Waals surface area (Å²) >= 11 is 0. The second kappa shape index (κ2) is 35.1. The summed E-state index contributed by atoms with van der Waals surface area (Å²) in [7, 11) is 0. The fourth-order valence-electron chi connectivity index (χ4n) is 9.53. The molecular weight excluding hydrogens is 805 g/mol. The van der Waals surface area contributed by atoms with Crippen LogP contribution in [0.15, 0.2) is 152 Å². The normalized spacial score (nSPS) is 18.6. The zero-order chi connectivity index (χ0) is 50.1. The largest absolute Gasteiger partial charge is 0.101 e. The highest BCUT2D eigenvalue weighted by Crippen LogP contribution is 2.44. The predicted molar refractivity (Wildman–Crippen MR) is 303 cm³/mol. The Balaban J connectivity index is 0.000000452. The molecule has 0 spiro atoms. The summed E-state index contributed by atoms with van der Waals surface area (Å²) in [5.41, 5.74) is 16.1. The average Bonchev–Trinajstić information content (AvgIpc) is 3.42. The van der Waals surface area contributed by atoms with E-state index < -0.39 is 0 Å². The van der Waals surface area contributed by atoms with E-state index in [1.54, 1.807) is 16.7 Å². The highest BCUT2D eigenvalue weighted by molar-refractivity contribution is 5.48. The van der Waals surface area contributed by atoms with Crippen molar-refractivity contribution in [1.82, 2.24) is 0 Å². The molecule has 3 aliphatic rings. The quantitative estimate of drug-likeness (QED) is 0.155. The van der Waals surface area contributed by atoms with Crippen molar-refractivity contribution in [2.24, 2.45) is 0 Å². The Hall–Kier alpha value is -5.12. The molecule has 67 heavy (non-hydrogen) atoms. The molecule has 3 aliphatic carbocycles. The molecular formula is C67H94. The lowest BCUT2D eigenvalue weighted by Crippen LogP contribution is -2.14. The molecule has 0 radical (unpaired) electrons. The maximum absolute atomic E-state index is 3.18. The first-order chi connectivity index (χ1) is 32.9. The Morgan fingerprint density at radius 3 is 1.03 bits per heavy atom. The van der Waals surface area contributed by atoms with Crippen LogP contribution in [0.1, 0.15) is 246 Å². The minimum Gasteiger partial charge on any atom is -0.101 e. The highest BCUT2D eigenvalue weighted by atomic mass is 14.3. The standard InChI is InChI=1S/C20H20.C18H20.C17H18.6C2H6/c1-3-7-16-11-13-19-18(17-8-5-4-6-9-17)12-10-15(2)20(19)14-16;1-13-8-10-17-16(15-6-4-3-5-7-15)11-9-14(2)18(17)12-13;1-13-11-12-16(14-7-3-2-4-8-14)17-10-6-5-9-15(13)17;6*1-2/h4-6,8-9,11,13-15,18H,10,12H2,1-2H3;3-8,10,12,14,16H,9,11H2,1-2H3;2-10,13,16H,11-12H2,1H3;6*1-2H3. The number of aryl methyl sites for hydroxylation is 1. The van der Waals surface area contributed by atoms with Crippen molar-refractivity contribution in [1.29, 1.82) is 0 Å². The van der Waals surface area contributed by atoms with Gasteiger partial charge in [0.05, 0.1) is 0 Å². The van der Waals surface area contributed by atoms with Crippen molar-refractivity contribution < 1.29 is 0 Å². The summed E-state index contributed by atoms with van der Waals surface area (Å²) in [6.07, 6.45) is 7.67. The molecule has 0 heteroatoms. The van der Waals surface area contributed by atoms with Crippen LogP contribution in [0.2, 0.25) is 0 Å². The molecule has 362 valence electrons. The number of benzene rings is 6. The number of hydrogen-bond acceptors (Lipinski definition) is 0. The first-order valence-electron chi connectivity index (χ1n) is 26.8.